The van der Waals surface area contributed by atoms with Crippen LogP contribution in [0.2, 0.25) is 0 Å². The van der Waals surface area contributed by atoms with Crippen molar-refractivity contribution in [2.24, 2.45) is 5.73 Å². The summed E-state index contributed by atoms with van der Waals surface area (Å²) in [6, 6.07) is 0. The second kappa shape index (κ2) is 4.69. The smallest absolute Gasteiger partial charge is 0.210 e. The van der Waals surface area contributed by atoms with Crippen molar-refractivity contribution in [3.8, 4) is 0 Å². The van der Waals surface area contributed by atoms with E-state index >= 15 is 0 Å². The number of nitrogens with zero attached hydrogens (tertiary/aromatic N) is 1. The molecule has 0 fully saturated rings. The highest BCUT2D eigenvalue weighted by Crippen LogP contribution is 1.78. The van der Waals surface area contributed by atoms with Crippen LogP contribution in [0, 0.1) is 0 Å². The summed E-state index contributed by atoms with van der Waals surface area (Å²) in [6.45, 7) is 1.24. The number of aliphatic hydroxyl groups is 1. The van der Waals surface area contributed by atoms with Crippen molar-refractivity contribution in [1.82, 2.24) is 4.90 Å². The van der Waals surface area contributed by atoms with Crippen molar-refractivity contribution < 1.29 is 9.84 Å². The Morgan fingerprint density at radius 1 is 1.67 bits per heavy atom. The third-order valence-electron chi connectivity index (χ3n) is 0.827. The van der Waals surface area contributed by atoms with E-state index in [2.05, 4.69) is 4.74 Å². The molecule has 0 rings (SSSR count). The van der Waals surface area contributed by atoms with Gasteiger partial charge >= 0.3 is 0 Å². The van der Waals surface area contributed by atoms with E-state index in [0.717, 1.165) is 6.54 Å². The van der Waals surface area contributed by atoms with Crippen LogP contribution < -0.4 is 5.73 Å². The standard InChI is InChI=1S/C5H14N2O2/c1-7(2)3-4-9-5(6)8/h5,8H,3-4,6H2,1-2H3. The van der Waals surface area contributed by atoms with Gasteiger partial charge in [-0.1, -0.05) is 0 Å². The number of hydrogen-bond acceptors (Lipinski definition) is 4. The lowest BCUT2D eigenvalue weighted by Gasteiger charge is -2.10. The number of nitrogens with two attached hydrogens (primary N) is 1. The fourth-order valence-electron chi connectivity index (χ4n) is 0.356. The second-order valence-corrected chi connectivity index (χ2v) is 2.06. The van der Waals surface area contributed by atoms with Crippen LogP contribution in [0.4, 0.5) is 0 Å². The van der Waals surface area contributed by atoms with Crippen LogP contribution in [0.15, 0.2) is 0 Å². The van der Waals surface area contributed by atoms with E-state index in [0.29, 0.717) is 6.61 Å². The lowest BCUT2D eigenvalue weighted by atomic mass is 10.6. The topological polar surface area (TPSA) is 58.7 Å². The van der Waals surface area contributed by atoms with E-state index in [4.69, 9.17) is 10.8 Å². The van der Waals surface area contributed by atoms with E-state index < -0.39 is 6.41 Å². The summed E-state index contributed by atoms with van der Waals surface area (Å²) in [4.78, 5) is 1.95. The van der Waals surface area contributed by atoms with Crippen LogP contribution in [0.5, 0.6) is 0 Å². The maximum Gasteiger partial charge on any atom is 0.210 e. The Bertz CT molecular complexity index is 58.0. The summed E-state index contributed by atoms with van der Waals surface area (Å²) in [6.07, 6.45) is -1.13. The highest BCUT2D eigenvalue weighted by Gasteiger charge is 1.93. The normalized spacial score (nSPS) is 14.3. The molecule has 0 bridgehead atoms. The molecule has 4 nitrogen and oxygen atoms in total. The molecule has 0 aromatic carbocycles. The van der Waals surface area contributed by atoms with E-state index in [1.54, 1.807) is 0 Å². The molecule has 0 aromatic rings. The minimum absolute atomic E-state index is 0.463. The molecule has 0 aliphatic heterocycles. The lowest BCUT2D eigenvalue weighted by Crippen LogP contribution is -2.27. The first-order valence-electron chi connectivity index (χ1n) is 2.83. The lowest BCUT2D eigenvalue weighted by molar-refractivity contribution is -0.0960. The van der Waals surface area contributed by atoms with Gasteiger partial charge in [0.2, 0.25) is 6.41 Å². The fourth-order valence-corrected chi connectivity index (χ4v) is 0.356. The third-order valence-corrected chi connectivity index (χ3v) is 0.827. The SMILES string of the molecule is CN(C)CCOC(N)O. The molecule has 0 aliphatic rings. The number of likely N-dealkylation sites (N-methyl/N-ethyl adjacent to an activating group) is 1. The van der Waals surface area contributed by atoms with Gasteiger partial charge in [0.05, 0.1) is 6.61 Å². The average Bonchev–Trinajstić information content (AvgIpc) is 1.63. The minimum atomic E-state index is -1.13. The molecule has 0 saturated carbocycles. The zero-order valence-electron chi connectivity index (χ0n) is 5.87. The molecule has 0 aromatic heterocycles. The summed E-state index contributed by atoms with van der Waals surface area (Å²) in [5.74, 6) is 0. The minimum Gasteiger partial charge on any atom is -0.356 e. The zero-order chi connectivity index (χ0) is 7.28. The first kappa shape index (κ1) is 8.84. The van der Waals surface area contributed by atoms with Gasteiger partial charge < -0.3 is 14.7 Å². The van der Waals surface area contributed by atoms with Crippen molar-refractivity contribution in [3.05, 3.63) is 0 Å². The summed E-state index contributed by atoms with van der Waals surface area (Å²) in [5.41, 5.74) is 4.89. The molecular weight excluding hydrogens is 120 g/mol. The van der Waals surface area contributed by atoms with Crippen LogP contribution in [-0.4, -0.2) is 43.7 Å². The van der Waals surface area contributed by atoms with Gasteiger partial charge in [-0.2, -0.15) is 0 Å². The van der Waals surface area contributed by atoms with Crippen molar-refractivity contribution in [2.75, 3.05) is 27.2 Å². The van der Waals surface area contributed by atoms with Gasteiger partial charge in [-0.05, 0) is 14.1 Å². The maximum absolute atomic E-state index is 8.40. The second-order valence-electron chi connectivity index (χ2n) is 2.06. The Balaban J connectivity index is 2.91. The van der Waals surface area contributed by atoms with Crippen molar-refractivity contribution in [3.63, 3.8) is 0 Å². The molecule has 0 heterocycles. The van der Waals surface area contributed by atoms with Crippen LogP contribution in [0.3, 0.4) is 0 Å². The fraction of sp³-hybridized carbons (Fsp3) is 1.00. The van der Waals surface area contributed by atoms with Crippen LogP contribution in [0.1, 0.15) is 0 Å². The van der Waals surface area contributed by atoms with Crippen molar-refractivity contribution in [2.45, 2.75) is 6.41 Å². The molecule has 9 heavy (non-hydrogen) atoms. The molecule has 0 amide bonds. The van der Waals surface area contributed by atoms with Gasteiger partial charge in [0.1, 0.15) is 0 Å². The molecule has 1 unspecified atom stereocenters. The van der Waals surface area contributed by atoms with Crippen LogP contribution >= 0.6 is 0 Å². The first-order valence-corrected chi connectivity index (χ1v) is 2.83. The number of ether oxygens (including phenoxy) is 1. The predicted molar refractivity (Wildman–Crippen MR) is 34.7 cm³/mol. The molecule has 1 atom stereocenters. The highest BCUT2D eigenvalue weighted by atomic mass is 16.6. The molecule has 4 heteroatoms. The van der Waals surface area contributed by atoms with Gasteiger partial charge in [-0.3, -0.25) is 5.73 Å². The van der Waals surface area contributed by atoms with Crippen molar-refractivity contribution in [1.29, 1.82) is 0 Å². The summed E-state index contributed by atoms with van der Waals surface area (Å²) < 4.78 is 4.64. The molecule has 56 valence electrons. The molecule has 0 aliphatic carbocycles. The highest BCUT2D eigenvalue weighted by molar-refractivity contribution is 4.38. The van der Waals surface area contributed by atoms with Crippen LogP contribution in [-0.2, 0) is 4.74 Å². The molecular formula is C5H14N2O2. The Labute approximate surface area is 55.2 Å². The van der Waals surface area contributed by atoms with Gasteiger partial charge in [-0.15, -0.1) is 0 Å². The quantitative estimate of drug-likeness (QED) is 0.474. The Kier molecular flexibility index (Phi) is 4.61. The number of rotatable bonds is 4. The summed E-state index contributed by atoms with van der Waals surface area (Å²) >= 11 is 0. The Hall–Kier alpha value is -0.160. The zero-order valence-corrected chi connectivity index (χ0v) is 5.87. The Morgan fingerprint density at radius 2 is 2.22 bits per heavy atom. The number of hydrogen-bond donors (Lipinski definition) is 2. The number of aliphatic hydroxyl groups excluding tert-OH is 1. The van der Waals surface area contributed by atoms with Gasteiger partial charge in [0.15, 0.2) is 0 Å². The molecule has 0 spiro atoms. The average molecular weight is 134 g/mol. The maximum atomic E-state index is 8.40. The van der Waals surface area contributed by atoms with Crippen molar-refractivity contribution >= 4 is 0 Å². The summed E-state index contributed by atoms with van der Waals surface area (Å²) in [5, 5.41) is 8.40. The van der Waals surface area contributed by atoms with Gasteiger partial charge in [0.25, 0.3) is 0 Å². The molecule has 0 radical (unpaired) electrons. The molecule has 0 saturated heterocycles. The molecule has 3 N–H and O–H groups in total. The van der Waals surface area contributed by atoms with E-state index in [9.17, 15) is 0 Å². The van der Waals surface area contributed by atoms with Gasteiger partial charge in [0, 0.05) is 6.54 Å². The predicted octanol–water partition coefficient (Wildman–Crippen LogP) is -1.20. The monoisotopic (exact) mass is 134 g/mol. The Morgan fingerprint density at radius 3 is 2.56 bits per heavy atom. The first-order chi connectivity index (χ1) is 4.13. The third kappa shape index (κ3) is 7.84. The van der Waals surface area contributed by atoms with Crippen LogP contribution in [0.25, 0.3) is 0 Å². The summed E-state index contributed by atoms with van der Waals surface area (Å²) in [7, 11) is 3.85. The van der Waals surface area contributed by atoms with E-state index in [-0.39, 0.29) is 0 Å². The van der Waals surface area contributed by atoms with E-state index in [1.165, 1.54) is 0 Å². The van der Waals surface area contributed by atoms with E-state index in [1.807, 2.05) is 19.0 Å². The largest absolute Gasteiger partial charge is 0.356 e. The van der Waals surface area contributed by atoms with Gasteiger partial charge in [-0.25, -0.2) is 0 Å².